The van der Waals surface area contributed by atoms with E-state index in [0.29, 0.717) is 36.5 Å². The van der Waals surface area contributed by atoms with Crippen molar-refractivity contribution in [3.63, 3.8) is 0 Å². The summed E-state index contributed by atoms with van der Waals surface area (Å²) in [7, 11) is 1.59. The predicted molar refractivity (Wildman–Crippen MR) is 83.4 cm³/mol. The number of benzene rings is 1. The highest BCUT2D eigenvalue weighted by atomic mass is 16.6. The molecule has 1 aliphatic carbocycles. The molecule has 3 rings (SSSR count). The van der Waals surface area contributed by atoms with Crippen molar-refractivity contribution >= 4 is 12.0 Å². The summed E-state index contributed by atoms with van der Waals surface area (Å²) in [6.07, 6.45) is 7.89. The van der Waals surface area contributed by atoms with Gasteiger partial charge in [0.25, 0.3) is 0 Å². The molecule has 1 aliphatic heterocycles. The molecule has 5 heteroatoms. The lowest BCUT2D eigenvalue weighted by Gasteiger charge is -2.20. The zero-order valence-corrected chi connectivity index (χ0v) is 12.8. The van der Waals surface area contributed by atoms with Crippen molar-refractivity contribution in [1.29, 1.82) is 0 Å². The van der Waals surface area contributed by atoms with Crippen molar-refractivity contribution in [3.05, 3.63) is 23.8 Å². The van der Waals surface area contributed by atoms with Gasteiger partial charge < -0.3 is 19.5 Å². The summed E-state index contributed by atoms with van der Waals surface area (Å²) in [5.74, 6) is 1.84. The Labute approximate surface area is 130 Å². The van der Waals surface area contributed by atoms with Crippen LogP contribution in [0.25, 0.3) is 6.08 Å². The van der Waals surface area contributed by atoms with Gasteiger partial charge in [-0.05, 0) is 36.6 Å². The Morgan fingerprint density at radius 2 is 2.05 bits per heavy atom. The second kappa shape index (κ2) is 6.73. The van der Waals surface area contributed by atoms with E-state index in [4.69, 9.17) is 14.2 Å². The SMILES string of the molecule is COc1cc(/C=C/C(=O)NC2CCCC2)cc2c1OCCO2. The summed E-state index contributed by atoms with van der Waals surface area (Å²) in [5.41, 5.74) is 0.850. The minimum absolute atomic E-state index is 0.0549. The van der Waals surface area contributed by atoms with Gasteiger partial charge in [-0.15, -0.1) is 0 Å². The molecule has 1 heterocycles. The molecule has 0 aromatic heterocycles. The standard InChI is InChI=1S/C17H21NO4/c1-20-14-10-12(11-15-17(14)22-9-8-21-15)6-7-16(19)18-13-4-2-3-5-13/h6-7,10-11,13H,2-5,8-9H2,1H3,(H,18,19)/b7-6+. The van der Waals surface area contributed by atoms with Crippen molar-refractivity contribution in [3.8, 4) is 17.2 Å². The van der Waals surface area contributed by atoms with Gasteiger partial charge >= 0.3 is 0 Å². The number of carbonyl (C=O) groups is 1. The predicted octanol–water partition coefficient (Wildman–Crippen LogP) is 2.54. The van der Waals surface area contributed by atoms with Crippen molar-refractivity contribution in [1.82, 2.24) is 5.32 Å². The fourth-order valence-corrected chi connectivity index (χ4v) is 2.88. The number of nitrogens with one attached hydrogen (secondary N) is 1. The van der Waals surface area contributed by atoms with E-state index >= 15 is 0 Å². The van der Waals surface area contributed by atoms with Gasteiger partial charge in [0.05, 0.1) is 7.11 Å². The summed E-state index contributed by atoms with van der Waals surface area (Å²) in [5, 5.41) is 3.03. The zero-order valence-electron chi connectivity index (χ0n) is 12.8. The van der Waals surface area contributed by atoms with E-state index in [1.807, 2.05) is 12.1 Å². The molecule has 0 saturated heterocycles. The van der Waals surface area contributed by atoms with Crippen LogP contribution in [0.5, 0.6) is 17.2 Å². The molecule has 22 heavy (non-hydrogen) atoms. The third-order valence-electron chi connectivity index (χ3n) is 3.98. The number of methoxy groups -OCH3 is 1. The maximum atomic E-state index is 11.9. The van der Waals surface area contributed by atoms with Crippen LogP contribution in [0, 0.1) is 0 Å². The molecule has 0 atom stereocenters. The average molecular weight is 303 g/mol. The molecule has 1 amide bonds. The van der Waals surface area contributed by atoms with E-state index < -0.39 is 0 Å². The molecule has 2 aliphatic rings. The number of ether oxygens (including phenoxy) is 3. The van der Waals surface area contributed by atoms with Crippen LogP contribution in [0.15, 0.2) is 18.2 Å². The fourth-order valence-electron chi connectivity index (χ4n) is 2.88. The zero-order chi connectivity index (χ0) is 15.4. The molecule has 1 N–H and O–H groups in total. The first-order chi connectivity index (χ1) is 10.8. The largest absolute Gasteiger partial charge is 0.493 e. The highest BCUT2D eigenvalue weighted by Crippen LogP contribution is 2.40. The van der Waals surface area contributed by atoms with Crippen molar-refractivity contribution in [2.45, 2.75) is 31.7 Å². The minimum atomic E-state index is -0.0549. The van der Waals surface area contributed by atoms with Crippen LogP contribution in [0.2, 0.25) is 0 Å². The molecule has 5 nitrogen and oxygen atoms in total. The summed E-state index contributed by atoms with van der Waals surface area (Å²) < 4.78 is 16.5. The van der Waals surface area contributed by atoms with Crippen LogP contribution in [0.3, 0.4) is 0 Å². The van der Waals surface area contributed by atoms with Crippen LogP contribution in [0.1, 0.15) is 31.2 Å². The second-order valence-electron chi connectivity index (χ2n) is 5.57. The molecule has 118 valence electrons. The van der Waals surface area contributed by atoms with Gasteiger partial charge in [-0.3, -0.25) is 4.79 Å². The van der Waals surface area contributed by atoms with Crippen LogP contribution < -0.4 is 19.5 Å². The highest BCUT2D eigenvalue weighted by molar-refractivity contribution is 5.92. The number of hydrogen-bond donors (Lipinski definition) is 1. The van der Waals surface area contributed by atoms with Crippen LogP contribution >= 0.6 is 0 Å². The lowest BCUT2D eigenvalue weighted by atomic mass is 10.1. The third kappa shape index (κ3) is 3.35. The van der Waals surface area contributed by atoms with Crippen molar-refractivity contribution < 1.29 is 19.0 Å². The Balaban J connectivity index is 1.71. The van der Waals surface area contributed by atoms with E-state index in [1.165, 1.54) is 12.8 Å². The first-order valence-corrected chi connectivity index (χ1v) is 7.72. The summed E-state index contributed by atoms with van der Waals surface area (Å²) >= 11 is 0. The highest BCUT2D eigenvalue weighted by Gasteiger charge is 2.18. The Morgan fingerprint density at radius 1 is 1.27 bits per heavy atom. The Bertz CT molecular complexity index is 559. The third-order valence-corrected chi connectivity index (χ3v) is 3.98. The Kier molecular flexibility index (Phi) is 4.51. The Morgan fingerprint density at radius 3 is 2.82 bits per heavy atom. The monoisotopic (exact) mass is 303 g/mol. The quantitative estimate of drug-likeness (QED) is 0.869. The van der Waals surface area contributed by atoms with Crippen LogP contribution in [-0.2, 0) is 4.79 Å². The lowest BCUT2D eigenvalue weighted by Crippen LogP contribution is -2.30. The molecular formula is C17H21NO4. The molecule has 0 bridgehead atoms. The minimum Gasteiger partial charge on any atom is -0.493 e. The molecule has 1 aromatic rings. The van der Waals surface area contributed by atoms with Crippen LogP contribution in [-0.4, -0.2) is 32.3 Å². The fraction of sp³-hybridized carbons (Fsp3) is 0.471. The van der Waals surface area contributed by atoms with E-state index in [-0.39, 0.29) is 5.91 Å². The average Bonchev–Trinajstić information content (AvgIpc) is 3.05. The normalized spacial score (nSPS) is 17.7. The number of amides is 1. The topological polar surface area (TPSA) is 56.8 Å². The summed E-state index contributed by atoms with van der Waals surface area (Å²) in [4.78, 5) is 11.9. The van der Waals surface area contributed by atoms with Gasteiger partial charge in [0, 0.05) is 12.1 Å². The maximum absolute atomic E-state index is 11.9. The molecule has 1 fully saturated rings. The molecule has 0 radical (unpaired) electrons. The number of fused-ring (bicyclic) bond motifs is 1. The first-order valence-electron chi connectivity index (χ1n) is 7.72. The van der Waals surface area contributed by atoms with Gasteiger partial charge in [0.1, 0.15) is 13.2 Å². The van der Waals surface area contributed by atoms with E-state index in [1.54, 1.807) is 19.3 Å². The molecule has 1 aromatic carbocycles. The first kappa shape index (κ1) is 14.8. The summed E-state index contributed by atoms with van der Waals surface area (Å²) in [6.45, 7) is 1.04. The number of hydrogen-bond acceptors (Lipinski definition) is 4. The summed E-state index contributed by atoms with van der Waals surface area (Å²) in [6, 6.07) is 4.02. The van der Waals surface area contributed by atoms with Gasteiger partial charge in [-0.1, -0.05) is 12.8 Å². The molecule has 0 unspecified atom stereocenters. The van der Waals surface area contributed by atoms with Crippen molar-refractivity contribution in [2.75, 3.05) is 20.3 Å². The number of rotatable bonds is 4. The molecular weight excluding hydrogens is 282 g/mol. The van der Waals surface area contributed by atoms with Crippen LogP contribution in [0.4, 0.5) is 0 Å². The maximum Gasteiger partial charge on any atom is 0.244 e. The van der Waals surface area contributed by atoms with Crippen molar-refractivity contribution in [2.24, 2.45) is 0 Å². The van der Waals surface area contributed by atoms with Gasteiger partial charge in [-0.25, -0.2) is 0 Å². The molecule has 0 spiro atoms. The second-order valence-corrected chi connectivity index (χ2v) is 5.57. The lowest BCUT2D eigenvalue weighted by molar-refractivity contribution is -0.117. The van der Waals surface area contributed by atoms with Gasteiger partial charge in [0.2, 0.25) is 11.7 Å². The van der Waals surface area contributed by atoms with E-state index in [0.717, 1.165) is 18.4 Å². The van der Waals surface area contributed by atoms with Gasteiger partial charge in [-0.2, -0.15) is 0 Å². The molecule has 1 saturated carbocycles. The van der Waals surface area contributed by atoms with Gasteiger partial charge in [0.15, 0.2) is 11.5 Å². The van der Waals surface area contributed by atoms with E-state index in [2.05, 4.69) is 5.32 Å². The smallest absolute Gasteiger partial charge is 0.244 e. The van der Waals surface area contributed by atoms with E-state index in [9.17, 15) is 4.79 Å². The number of carbonyl (C=O) groups excluding carboxylic acids is 1. The Hall–Kier alpha value is -2.17.